The summed E-state index contributed by atoms with van der Waals surface area (Å²) < 4.78 is 5.26. The summed E-state index contributed by atoms with van der Waals surface area (Å²) in [6.07, 6.45) is 3.04. The molecule has 0 unspecified atom stereocenters. The Morgan fingerprint density at radius 1 is 1.33 bits per heavy atom. The van der Waals surface area contributed by atoms with Crippen LogP contribution in [0.25, 0.3) is 11.3 Å². The van der Waals surface area contributed by atoms with Crippen LogP contribution in [0, 0.1) is 10.1 Å². The topological polar surface area (TPSA) is 81.2 Å². The maximum absolute atomic E-state index is 10.6. The lowest BCUT2D eigenvalue weighted by Gasteiger charge is -2.05. The first-order chi connectivity index (χ1) is 10.2. The molecule has 0 aliphatic carbocycles. The van der Waals surface area contributed by atoms with Crippen molar-refractivity contribution >= 4 is 22.0 Å². The van der Waals surface area contributed by atoms with E-state index < -0.39 is 0 Å². The molecule has 0 fully saturated rings. The predicted octanol–water partition coefficient (Wildman–Crippen LogP) is 3.92. The van der Waals surface area contributed by atoms with Crippen LogP contribution in [-0.4, -0.2) is 9.91 Å². The number of oxazole rings is 1. The van der Waals surface area contributed by atoms with E-state index >= 15 is 0 Å². The molecule has 7 heteroatoms. The van der Waals surface area contributed by atoms with Gasteiger partial charge >= 0.3 is 5.00 Å². The van der Waals surface area contributed by atoms with E-state index in [-0.39, 0.29) is 9.92 Å². The summed E-state index contributed by atoms with van der Waals surface area (Å²) >= 11 is 1.17. The molecular formula is C14H11N3O3S. The van der Waals surface area contributed by atoms with E-state index in [4.69, 9.17) is 4.42 Å². The molecule has 0 spiro atoms. The zero-order chi connectivity index (χ0) is 14.7. The summed E-state index contributed by atoms with van der Waals surface area (Å²) in [7, 11) is 0. The summed E-state index contributed by atoms with van der Waals surface area (Å²) in [6.45, 7) is 0.540. The molecule has 3 rings (SSSR count). The van der Waals surface area contributed by atoms with Crippen LogP contribution in [0.2, 0.25) is 0 Å². The van der Waals surface area contributed by atoms with Crippen LogP contribution in [0.1, 0.15) is 4.88 Å². The van der Waals surface area contributed by atoms with Gasteiger partial charge in [0.2, 0.25) is 0 Å². The van der Waals surface area contributed by atoms with Gasteiger partial charge in [0.1, 0.15) is 0 Å². The highest BCUT2D eigenvalue weighted by atomic mass is 32.1. The van der Waals surface area contributed by atoms with Crippen LogP contribution in [-0.2, 0) is 6.54 Å². The molecule has 1 aromatic carbocycles. The molecule has 21 heavy (non-hydrogen) atoms. The Kier molecular flexibility index (Phi) is 3.65. The molecule has 1 N–H and O–H groups in total. The van der Waals surface area contributed by atoms with Gasteiger partial charge in [0.05, 0.1) is 11.1 Å². The summed E-state index contributed by atoms with van der Waals surface area (Å²) in [5.74, 6) is 0.699. The first-order valence-corrected chi connectivity index (χ1v) is 7.00. The number of hydrogen-bond acceptors (Lipinski definition) is 6. The molecule has 0 saturated heterocycles. The molecule has 0 atom stereocenters. The van der Waals surface area contributed by atoms with Gasteiger partial charge in [0.25, 0.3) is 0 Å². The number of nitrogens with one attached hydrogen (secondary N) is 1. The Morgan fingerprint density at radius 2 is 2.24 bits per heavy atom. The quantitative estimate of drug-likeness (QED) is 0.570. The van der Waals surface area contributed by atoms with Gasteiger partial charge in [-0.25, -0.2) is 4.98 Å². The highest BCUT2D eigenvalue weighted by molar-refractivity contribution is 7.15. The lowest BCUT2D eigenvalue weighted by atomic mass is 10.1. The van der Waals surface area contributed by atoms with Gasteiger partial charge < -0.3 is 9.73 Å². The van der Waals surface area contributed by atoms with Crippen molar-refractivity contribution < 1.29 is 9.34 Å². The Labute approximate surface area is 124 Å². The standard InChI is InChI=1S/C14H11N3O3S/c18-17(19)14-5-4-12(21-14)7-16-11-3-1-2-10(6-11)13-8-15-9-20-13/h1-6,8-9,16H,7H2. The van der Waals surface area contributed by atoms with E-state index in [0.717, 1.165) is 16.1 Å². The highest BCUT2D eigenvalue weighted by Gasteiger charge is 2.09. The second kappa shape index (κ2) is 5.76. The van der Waals surface area contributed by atoms with Crippen molar-refractivity contribution in [2.45, 2.75) is 6.54 Å². The average molecular weight is 301 g/mol. The molecule has 3 aromatic rings. The van der Waals surface area contributed by atoms with Crippen molar-refractivity contribution in [2.24, 2.45) is 0 Å². The van der Waals surface area contributed by atoms with Crippen LogP contribution in [0.5, 0.6) is 0 Å². The molecule has 0 radical (unpaired) electrons. The van der Waals surface area contributed by atoms with Crippen molar-refractivity contribution in [3.63, 3.8) is 0 Å². The van der Waals surface area contributed by atoms with Crippen molar-refractivity contribution in [2.75, 3.05) is 5.32 Å². The van der Waals surface area contributed by atoms with Gasteiger partial charge in [-0.3, -0.25) is 10.1 Å². The first kappa shape index (κ1) is 13.3. The molecule has 6 nitrogen and oxygen atoms in total. The van der Waals surface area contributed by atoms with E-state index in [0.29, 0.717) is 12.3 Å². The number of nitro groups is 1. The van der Waals surface area contributed by atoms with E-state index in [1.165, 1.54) is 23.8 Å². The van der Waals surface area contributed by atoms with Gasteiger partial charge in [-0.2, -0.15) is 0 Å². The number of aromatic nitrogens is 1. The van der Waals surface area contributed by atoms with Crippen LogP contribution >= 0.6 is 11.3 Å². The molecule has 2 aromatic heterocycles. The average Bonchev–Trinajstić information content (AvgIpc) is 3.17. The van der Waals surface area contributed by atoms with E-state index in [9.17, 15) is 10.1 Å². The zero-order valence-corrected chi connectivity index (χ0v) is 11.7. The third-order valence-electron chi connectivity index (χ3n) is 2.87. The second-order valence-corrected chi connectivity index (χ2v) is 5.44. The van der Waals surface area contributed by atoms with Crippen molar-refractivity contribution in [3.8, 4) is 11.3 Å². The predicted molar refractivity (Wildman–Crippen MR) is 80.2 cm³/mol. The lowest BCUT2D eigenvalue weighted by molar-refractivity contribution is -0.380. The molecule has 106 valence electrons. The lowest BCUT2D eigenvalue weighted by Crippen LogP contribution is -1.97. The van der Waals surface area contributed by atoms with Gasteiger partial charge in [-0.05, 0) is 18.2 Å². The number of anilines is 1. The normalized spacial score (nSPS) is 10.5. The van der Waals surface area contributed by atoms with Crippen molar-refractivity contribution in [1.29, 1.82) is 0 Å². The highest BCUT2D eigenvalue weighted by Crippen LogP contribution is 2.26. The van der Waals surface area contributed by atoms with E-state index in [1.807, 2.05) is 24.3 Å². The van der Waals surface area contributed by atoms with Gasteiger partial charge in [0, 0.05) is 28.7 Å². The van der Waals surface area contributed by atoms with Crippen LogP contribution in [0.15, 0.2) is 53.4 Å². The van der Waals surface area contributed by atoms with Crippen LogP contribution in [0.3, 0.4) is 0 Å². The van der Waals surface area contributed by atoms with Crippen LogP contribution < -0.4 is 5.32 Å². The summed E-state index contributed by atoms with van der Waals surface area (Å²) in [5.41, 5.74) is 1.84. The Bertz CT molecular complexity index is 752. The Balaban J connectivity index is 1.70. The van der Waals surface area contributed by atoms with E-state index in [2.05, 4.69) is 10.3 Å². The molecule has 0 amide bonds. The van der Waals surface area contributed by atoms with Crippen molar-refractivity contribution in [3.05, 3.63) is 64.0 Å². The fraction of sp³-hybridized carbons (Fsp3) is 0.0714. The number of benzene rings is 1. The first-order valence-electron chi connectivity index (χ1n) is 6.18. The molecule has 0 saturated carbocycles. The summed E-state index contributed by atoms with van der Waals surface area (Å²) in [5, 5.41) is 14.0. The molecule has 0 aliphatic heterocycles. The van der Waals surface area contributed by atoms with Crippen molar-refractivity contribution in [1.82, 2.24) is 4.98 Å². The largest absolute Gasteiger partial charge is 0.444 e. The summed E-state index contributed by atoms with van der Waals surface area (Å²) in [4.78, 5) is 15.1. The maximum Gasteiger partial charge on any atom is 0.324 e. The van der Waals surface area contributed by atoms with Gasteiger partial charge in [0.15, 0.2) is 12.2 Å². The fourth-order valence-electron chi connectivity index (χ4n) is 1.89. The minimum absolute atomic E-state index is 0.155. The Hall–Kier alpha value is -2.67. The minimum Gasteiger partial charge on any atom is -0.444 e. The van der Waals surface area contributed by atoms with Crippen LogP contribution in [0.4, 0.5) is 10.7 Å². The maximum atomic E-state index is 10.6. The summed E-state index contributed by atoms with van der Waals surface area (Å²) in [6, 6.07) is 11.0. The zero-order valence-electron chi connectivity index (χ0n) is 10.9. The second-order valence-electron chi connectivity index (χ2n) is 4.30. The number of nitrogens with zero attached hydrogens (tertiary/aromatic N) is 2. The number of hydrogen-bond donors (Lipinski definition) is 1. The van der Waals surface area contributed by atoms with E-state index in [1.54, 1.807) is 12.3 Å². The molecular weight excluding hydrogens is 290 g/mol. The number of thiophene rings is 1. The third kappa shape index (κ3) is 3.09. The smallest absolute Gasteiger partial charge is 0.324 e. The van der Waals surface area contributed by atoms with Gasteiger partial charge in [-0.1, -0.05) is 23.5 Å². The molecule has 0 aliphatic rings. The molecule has 0 bridgehead atoms. The SMILES string of the molecule is O=[N+]([O-])c1ccc(CNc2cccc(-c3cnco3)c2)s1. The molecule has 2 heterocycles. The number of rotatable bonds is 5. The third-order valence-corrected chi connectivity index (χ3v) is 3.91. The fourth-order valence-corrected chi connectivity index (χ4v) is 2.65. The Morgan fingerprint density at radius 3 is 2.95 bits per heavy atom. The van der Waals surface area contributed by atoms with Gasteiger partial charge in [-0.15, -0.1) is 0 Å². The monoisotopic (exact) mass is 301 g/mol. The minimum atomic E-state index is -0.376.